The van der Waals surface area contributed by atoms with E-state index in [4.69, 9.17) is 4.74 Å². The fourth-order valence-corrected chi connectivity index (χ4v) is 3.62. The third-order valence-corrected chi connectivity index (χ3v) is 5.09. The van der Waals surface area contributed by atoms with Crippen LogP contribution in [-0.2, 0) is 27.5 Å². The molecule has 29 heavy (non-hydrogen) atoms. The Kier molecular flexibility index (Phi) is 5.32. The van der Waals surface area contributed by atoms with Crippen molar-refractivity contribution in [2.24, 2.45) is 7.05 Å². The van der Waals surface area contributed by atoms with Gasteiger partial charge in [-0.05, 0) is 29.7 Å². The lowest BCUT2D eigenvalue weighted by atomic mass is 10.1. The van der Waals surface area contributed by atoms with E-state index in [2.05, 4.69) is 9.11 Å². The summed E-state index contributed by atoms with van der Waals surface area (Å²) in [6, 6.07) is 4.68. The molecule has 8 nitrogen and oxygen atoms in total. The van der Waals surface area contributed by atoms with Crippen LogP contribution in [0.15, 0.2) is 33.9 Å². The van der Waals surface area contributed by atoms with Gasteiger partial charge in [0.2, 0.25) is 0 Å². The van der Waals surface area contributed by atoms with Gasteiger partial charge in [-0.2, -0.15) is 17.5 Å². The molecule has 0 bridgehead atoms. The van der Waals surface area contributed by atoms with E-state index in [1.807, 2.05) is 0 Å². The summed E-state index contributed by atoms with van der Waals surface area (Å²) in [4.78, 5) is 36.7. The standard InChI is InChI=1S/C17H14F3N3O5S/c1-22-11(17(18,19)20)7-12(24)23(16(22)26)8-4-5-10-9(6-8)13(21-29-10)14(27-2)15(25)28-3/h4-7,14H,1-3H3. The number of nitrogens with zero attached hydrogens (tertiary/aromatic N) is 3. The summed E-state index contributed by atoms with van der Waals surface area (Å²) in [5.74, 6) is -0.701. The van der Waals surface area contributed by atoms with Gasteiger partial charge in [-0.1, -0.05) is 0 Å². The third kappa shape index (κ3) is 3.56. The number of halogens is 3. The lowest BCUT2D eigenvalue weighted by Gasteiger charge is -2.14. The van der Waals surface area contributed by atoms with Crippen molar-refractivity contribution in [1.82, 2.24) is 13.5 Å². The van der Waals surface area contributed by atoms with Gasteiger partial charge in [-0.3, -0.25) is 9.36 Å². The highest BCUT2D eigenvalue weighted by molar-refractivity contribution is 7.13. The smallest absolute Gasteiger partial charge is 0.431 e. The predicted octanol–water partition coefficient (Wildman–Crippen LogP) is 2.03. The molecule has 0 saturated carbocycles. The fourth-order valence-electron chi connectivity index (χ4n) is 2.84. The van der Waals surface area contributed by atoms with Gasteiger partial charge in [0, 0.05) is 25.6 Å². The molecule has 12 heteroatoms. The molecule has 0 saturated heterocycles. The van der Waals surface area contributed by atoms with Gasteiger partial charge in [0.05, 0.1) is 17.5 Å². The minimum absolute atomic E-state index is 0.0259. The van der Waals surface area contributed by atoms with Gasteiger partial charge >= 0.3 is 17.8 Å². The molecule has 0 amide bonds. The molecule has 154 valence electrons. The molecule has 0 radical (unpaired) electrons. The van der Waals surface area contributed by atoms with Crippen molar-refractivity contribution >= 4 is 27.6 Å². The molecule has 1 aromatic carbocycles. The second-order valence-corrected chi connectivity index (χ2v) is 6.73. The Morgan fingerprint density at radius 1 is 1.21 bits per heavy atom. The predicted molar refractivity (Wildman–Crippen MR) is 97.2 cm³/mol. The Hall–Kier alpha value is -2.99. The second-order valence-electron chi connectivity index (χ2n) is 5.93. The van der Waals surface area contributed by atoms with E-state index in [1.165, 1.54) is 26.4 Å². The van der Waals surface area contributed by atoms with Crippen molar-refractivity contribution < 1.29 is 27.4 Å². The minimum Gasteiger partial charge on any atom is -0.467 e. The van der Waals surface area contributed by atoms with Crippen molar-refractivity contribution in [2.45, 2.75) is 12.3 Å². The average molecular weight is 429 g/mol. The van der Waals surface area contributed by atoms with Gasteiger partial charge in [-0.25, -0.2) is 14.2 Å². The molecule has 2 aromatic heterocycles. The zero-order chi connectivity index (χ0) is 21.5. The molecule has 3 aromatic rings. The van der Waals surface area contributed by atoms with E-state index in [0.29, 0.717) is 25.3 Å². The number of benzene rings is 1. The summed E-state index contributed by atoms with van der Waals surface area (Å²) in [6.07, 6.45) is -6.00. The molecule has 1 unspecified atom stereocenters. The van der Waals surface area contributed by atoms with Crippen LogP contribution in [0, 0.1) is 0 Å². The molecule has 0 fully saturated rings. The first-order chi connectivity index (χ1) is 13.6. The number of fused-ring (bicyclic) bond motifs is 1. The topological polar surface area (TPSA) is 92.4 Å². The van der Waals surface area contributed by atoms with Crippen LogP contribution < -0.4 is 11.2 Å². The van der Waals surface area contributed by atoms with Crippen molar-refractivity contribution in [3.05, 3.63) is 56.5 Å². The maximum atomic E-state index is 13.0. The van der Waals surface area contributed by atoms with Crippen LogP contribution in [0.1, 0.15) is 17.5 Å². The van der Waals surface area contributed by atoms with E-state index in [0.717, 1.165) is 18.6 Å². The molecule has 0 aliphatic heterocycles. The van der Waals surface area contributed by atoms with E-state index in [-0.39, 0.29) is 11.4 Å². The van der Waals surface area contributed by atoms with Crippen molar-refractivity contribution in [2.75, 3.05) is 14.2 Å². The lowest BCUT2D eigenvalue weighted by molar-refractivity contribution is -0.152. The van der Waals surface area contributed by atoms with Crippen LogP contribution in [0.25, 0.3) is 15.8 Å². The van der Waals surface area contributed by atoms with Gasteiger partial charge in [0.25, 0.3) is 5.56 Å². The zero-order valence-electron chi connectivity index (χ0n) is 15.3. The van der Waals surface area contributed by atoms with Crippen LogP contribution in [0.2, 0.25) is 0 Å². The molecule has 0 aliphatic carbocycles. The van der Waals surface area contributed by atoms with Crippen LogP contribution in [0.5, 0.6) is 0 Å². The normalized spacial score (nSPS) is 12.9. The molecular formula is C17H14F3N3O5S. The lowest BCUT2D eigenvalue weighted by Crippen LogP contribution is -2.40. The number of alkyl halides is 3. The molecule has 1 atom stereocenters. The Morgan fingerprint density at radius 3 is 2.48 bits per heavy atom. The number of hydrogen-bond donors (Lipinski definition) is 0. The molecule has 0 aliphatic rings. The summed E-state index contributed by atoms with van der Waals surface area (Å²) < 4.78 is 54.6. The van der Waals surface area contributed by atoms with Crippen LogP contribution in [0.4, 0.5) is 13.2 Å². The second kappa shape index (κ2) is 7.44. The monoisotopic (exact) mass is 429 g/mol. The first-order valence-electron chi connectivity index (χ1n) is 8.00. The fraction of sp³-hybridized carbons (Fsp3) is 0.294. The number of ether oxygens (including phenoxy) is 2. The van der Waals surface area contributed by atoms with Gasteiger partial charge in [0.15, 0.2) is 6.10 Å². The van der Waals surface area contributed by atoms with Crippen molar-refractivity contribution in [1.29, 1.82) is 0 Å². The van der Waals surface area contributed by atoms with Gasteiger partial charge in [0.1, 0.15) is 11.4 Å². The summed E-state index contributed by atoms with van der Waals surface area (Å²) in [6.45, 7) is 0. The zero-order valence-corrected chi connectivity index (χ0v) is 16.1. The summed E-state index contributed by atoms with van der Waals surface area (Å²) in [7, 11) is 3.39. The Labute approximate surface area is 164 Å². The highest BCUT2D eigenvalue weighted by Gasteiger charge is 2.35. The number of rotatable bonds is 4. The number of carbonyl (C=O) groups is 1. The van der Waals surface area contributed by atoms with Gasteiger partial charge < -0.3 is 9.47 Å². The maximum absolute atomic E-state index is 13.0. The van der Waals surface area contributed by atoms with Gasteiger partial charge in [-0.15, -0.1) is 0 Å². The first-order valence-corrected chi connectivity index (χ1v) is 8.78. The molecular weight excluding hydrogens is 415 g/mol. The molecule has 2 heterocycles. The number of aromatic nitrogens is 3. The summed E-state index contributed by atoms with van der Waals surface area (Å²) in [5.41, 5.74) is -3.42. The Morgan fingerprint density at radius 2 is 1.90 bits per heavy atom. The minimum atomic E-state index is -4.85. The molecule has 0 spiro atoms. The SMILES string of the molecule is COC(=O)C(OC)c1nsc2ccc(-n3c(=O)cc(C(F)(F)F)n(C)c3=O)cc12. The van der Waals surface area contributed by atoms with Crippen LogP contribution in [0.3, 0.4) is 0 Å². The van der Waals surface area contributed by atoms with Crippen molar-refractivity contribution in [3.63, 3.8) is 0 Å². The Bertz CT molecular complexity index is 1210. The van der Waals surface area contributed by atoms with Crippen LogP contribution >= 0.6 is 11.5 Å². The number of methoxy groups -OCH3 is 2. The first kappa shape index (κ1) is 20.7. The van der Waals surface area contributed by atoms with Crippen LogP contribution in [-0.4, -0.2) is 33.7 Å². The third-order valence-electron chi connectivity index (χ3n) is 4.25. The Balaban J connectivity index is 2.24. The average Bonchev–Trinajstić information content (AvgIpc) is 3.07. The summed E-state index contributed by atoms with van der Waals surface area (Å²) in [5, 5.41) is 0.401. The highest BCUT2D eigenvalue weighted by atomic mass is 32.1. The molecule has 3 rings (SSSR count). The maximum Gasteiger partial charge on any atom is 0.431 e. The number of esters is 1. The van der Waals surface area contributed by atoms with E-state index < -0.39 is 35.2 Å². The number of hydrogen-bond acceptors (Lipinski definition) is 7. The largest absolute Gasteiger partial charge is 0.467 e. The highest BCUT2D eigenvalue weighted by Crippen LogP contribution is 2.31. The molecule has 0 N–H and O–H groups in total. The van der Waals surface area contributed by atoms with E-state index in [9.17, 15) is 27.6 Å². The summed E-state index contributed by atoms with van der Waals surface area (Å²) >= 11 is 1.05. The number of carbonyl (C=O) groups excluding carboxylic acids is 1. The van der Waals surface area contributed by atoms with E-state index >= 15 is 0 Å². The quantitative estimate of drug-likeness (QED) is 0.590. The van der Waals surface area contributed by atoms with Crippen molar-refractivity contribution in [3.8, 4) is 5.69 Å². The van der Waals surface area contributed by atoms with E-state index in [1.54, 1.807) is 6.07 Å².